The van der Waals surface area contributed by atoms with Crippen LogP contribution in [0.3, 0.4) is 0 Å². The number of rotatable bonds is 2. The maximum atomic E-state index is 10.1. The maximum absolute atomic E-state index is 10.1. The zero-order valence-electron chi connectivity index (χ0n) is 11.6. The summed E-state index contributed by atoms with van der Waals surface area (Å²) in [6, 6.07) is 17.5. The largest absolute Gasteiger partial charge is 0.507 e. The number of ether oxygens (including phenoxy) is 1. The number of hydrogen-bond donors (Lipinski definition) is 1. The van der Waals surface area contributed by atoms with Crippen molar-refractivity contribution in [3.63, 3.8) is 0 Å². The van der Waals surface area contributed by atoms with Gasteiger partial charge in [0.2, 0.25) is 0 Å². The second-order valence-electron chi connectivity index (χ2n) is 5.00. The van der Waals surface area contributed by atoms with Crippen molar-refractivity contribution in [2.24, 2.45) is 0 Å². The highest BCUT2D eigenvalue weighted by molar-refractivity contribution is 5.94. The molecule has 0 radical (unpaired) electrons. The Kier molecular flexibility index (Phi) is 3.07. The number of phenolic OH excluding ortho intramolecular Hbond substituents is 1. The Morgan fingerprint density at radius 1 is 0.850 bits per heavy atom. The Hall–Kier alpha value is -2.48. The molecule has 0 aliphatic rings. The summed E-state index contributed by atoms with van der Waals surface area (Å²) < 4.78 is 5.97. The van der Waals surface area contributed by atoms with Crippen LogP contribution in [-0.4, -0.2) is 5.11 Å². The van der Waals surface area contributed by atoms with Crippen molar-refractivity contribution in [2.45, 2.75) is 13.8 Å². The number of phenols is 1. The van der Waals surface area contributed by atoms with E-state index >= 15 is 0 Å². The maximum Gasteiger partial charge on any atom is 0.135 e. The average Bonchev–Trinajstić information content (AvgIpc) is 2.47. The molecular weight excluding hydrogens is 248 g/mol. The van der Waals surface area contributed by atoms with Crippen molar-refractivity contribution < 1.29 is 9.84 Å². The fraction of sp³-hybridized carbons (Fsp3) is 0.111. The molecule has 0 aromatic heterocycles. The Bertz CT molecular complexity index is 758. The SMILES string of the molecule is Cc1ccc(Oc2cc(C)c(O)c3ccccc23)cc1. The zero-order chi connectivity index (χ0) is 14.1. The van der Waals surface area contributed by atoms with Crippen LogP contribution >= 0.6 is 0 Å². The van der Waals surface area contributed by atoms with Gasteiger partial charge < -0.3 is 9.84 Å². The molecular formula is C18H16O2. The van der Waals surface area contributed by atoms with Gasteiger partial charge in [0.1, 0.15) is 17.2 Å². The minimum atomic E-state index is 0.317. The van der Waals surface area contributed by atoms with Crippen LogP contribution in [0.15, 0.2) is 54.6 Å². The van der Waals surface area contributed by atoms with E-state index in [0.29, 0.717) is 5.75 Å². The van der Waals surface area contributed by atoms with E-state index in [2.05, 4.69) is 0 Å². The van der Waals surface area contributed by atoms with Gasteiger partial charge in [0.15, 0.2) is 0 Å². The van der Waals surface area contributed by atoms with Crippen molar-refractivity contribution in [2.75, 3.05) is 0 Å². The van der Waals surface area contributed by atoms with Gasteiger partial charge in [0.25, 0.3) is 0 Å². The third-order valence-electron chi connectivity index (χ3n) is 3.42. The van der Waals surface area contributed by atoms with E-state index in [1.165, 1.54) is 5.56 Å². The van der Waals surface area contributed by atoms with Gasteiger partial charge in [0.05, 0.1) is 0 Å². The first-order valence-electron chi connectivity index (χ1n) is 6.61. The quantitative estimate of drug-likeness (QED) is 0.709. The zero-order valence-corrected chi connectivity index (χ0v) is 11.6. The third kappa shape index (κ3) is 2.21. The molecule has 0 heterocycles. The Labute approximate surface area is 118 Å². The molecule has 1 N–H and O–H groups in total. The lowest BCUT2D eigenvalue weighted by Crippen LogP contribution is -1.88. The molecule has 100 valence electrons. The van der Waals surface area contributed by atoms with Crippen LogP contribution in [0.5, 0.6) is 17.2 Å². The third-order valence-corrected chi connectivity index (χ3v) is 3.42. The summed E-state index contributed by atoms with van der Waals surface area (Å²) >= 11 is 0. The van der Waals surface area contributed by atoms with E-state index in [1.54, 1.807) is 0 Å². The molecule has 0 unspecified atom stereocenters. The molecule has 0 amide bonds. The number of aryl methyl sites for hydroxylation is 2. The first-order chi connectivity index (χ1) is 9.65. The predicted molar refractivity (Wildman–Crippen MR) is 81.6 cm³/mol. The molecule has 0 atom stereocenters. The molecule has 0 spiro atoms. The Balaban J connectivity index is 2.11. The topological polar surface area (TPSA) is 29.5 Å². The molecule has 0 fully saturated rings. The molecule has 3 aromatic carbocycles. The molecule has 0 saturated heterocycles. The van der Waals surface area contributed by atoms with Crippen molar-refractivity contribution in [1.82, 2.24) is 0 Å². The predicted octanol–water partition coefficient (Wildman–Crippen LogP) is 4.95. The van der Waals surface area contributed by atoms with Crippen LogP contribution in [0.25, 0.3) is 10.8 Å². The number of fused-ring (bicyclic) bond motifs is 1. The van der Waals surface area contributed by atoms with Crippen LogP contribution in [0, 0.1) is 13.8 Å². The van der Waals surface area contributed by atoms with E-state index < -0.39 is 0 Å². The molecule has 0 saturated carbocycles. The monoisotopic (exact) mass is 264 g/mol. The van der Waals surface area contributed by atoms with Gasteiger partial charge in [-0.3, -0.25) is 0 Å². The fourth-order valence-corrected chi connectivity index (χ4v) is 2.28. The highest BCUT2D eigenvalue weighted by Gasteiger charge is 2.10. The standard InChI is InChI=1S/C18H16O2/c1-12-7-9-14(10-8-12)20-17-11-13(2)18(19)16-6-4-3-5-15(16)17/h3-11,19H,1-2H3. The minimum Gasteiger partial charge on any atom is -0.507 e. The molecule has 3 aromatic rings. The van der Waals surface area contributed by atoms with Crippen LogP contribution in [0.4, 0.5) is 0 Å². The Morgan fingerprint density at radius 3 is 2.20 bits per heavy atom. The van der Waals surface area contributed by atoms with Crippen molar-refractivity contribution in [1.29, 1.82) is 0 Å². The van der Waals surface area contributed by atoms with Gasteiger partial charge >= 0.3 is 0 Å². The summed E-state index contributed by atoms with van der Waals surface area (Å²) in [6.07, 6.45) is 0. The first-order valence-corrected chi connectivity index (χ1v) is 6.61. The van der Waals surface area contributed by atoms with Crippen LogP contribution in [-0.2, 0) is 0 Å². The summed E-state index contributed by atoms with van der Waals surface area (Å²) in [7, 11) is 0. The smallest absolute Gasteiger partial charge is 0.135 e. The molecule has 0 aliphatic heterocycles. The van der Waals surface area contributed by atoms with Crippen LogP contribution in [0.2, 0.25) is 0 Å². The van der Waals surface area contributed by atoms with Crippen molar-refractivity contribution in [3.8, 4) is 17.2 Å². The lowest BCUT2D eigenvalue weighted by atomic mass is 10.0. The highest BCUT2D eigenvalue weighted by atomic mass is 16.5. The van der Waals surface area contributed by atoms with Gasteiger partial charge in [-0.05, 0) is 37.6 Å². The molecule has 0 aliphatic carbocycles. The first kappa shape index (κ1) is 12.5. The van der Waals surface area contributed by atoms with Gasteiger partial charge in [-0.2, -0.15) is 0 Å². The second kappa shape index (κ2) is 4.89. The lowest BCUT2D eigenvalue weighted by Gasteiger charge is -2.12. The number of aromatic hydroxyl groups is 1. The van der Waals surface area contributed by atoms with E-state index in [9.17, 15) is 5.11 Å². The molecule has 20 heavy (non-hydrogen) atoms. The van der Waals surface area contributed by atoms with Gasteiger partial charge in [-0.25, -0.2) is 0 Å². The Morgan fingerprint density at radius 2 is 1.50 bits per heavy atom. The van der Waals surface area contributed by atoms with E-state index in [1.807, 2.05) is 68.4 Å². The van der Waals surface area contributed by atoms with E-state index in [4.69, 9.17) is 4.74 Å². The molecule has 0 bridgehead atoms. The molecule has 3 rings (SSSR count). The fourth-order valence-electron chi connectivity index (χ4n) is 2.28. The average molecular weight is 264 g/mol. The normalized spacial score (nSPS) is 10.7. The molecule has 2 nitrogen and oxygen atoms in total. The molecule has 2 heteroatoms. The van der Waals surface area contributed by atoms with Crippen LogP contribution in [0.1, 0.15) is 11.1 Å². The summed E-state index contributed by atoms with van der Waals surface area (Å²) in [5, 5.41) is 11.9. The van der Waals surface area contributed by atoms with E-state index in [-0.39, 0.29) is 0 Å². The summed E-state index contributed by atoms with van der Waals surface area (Å²) in [5.74, 6) is 1.88. The minimum absolute atomic E-state index is 0.317. The van der Waals surface area contributed by atoms with Gasteiger partial charge in [-0.15, -0.1) is 0 Å². The number of benzene rings is 3. The summed E-state index contributed by atoms with van der Waals surface area (Å²) in [4.78, 5) is 0. The summed E-state index contributed by atoms with van der Waals surface area (Å²) in [6.45, 7) is 3.92. The number of hydrogen-bond acceptors (Lipinski definition) is 2. The second-order valence-corrected chi connectivity index (χ2v) is 5.00. The van der Waals surface area contributed by atoms with E-state index in [0.717, 1.165) is 27.8 Å². The van der Waals surface area contributed by atoms with Gasteiger partial charge in [0, 0.05) is 10.8 Å². The van der Waals surface area contributed by atoms with Crippen molar-refractivity contribution >= 4 is 10.8 Å². The lowest BCUT2D eigenvalue weighted by molar-refractivity contribution is 0.469. The highest BCUT2D eigenvalue weighted by Crippen LogP contribution is 2.37. The summed E-state index contributed by atoms with van der Waals surface area (Å²) in [5.41, 5.74) is 2.01. The van der Waals surface area contributed by atoms with Crippen LogP contribution < -0.4 is 4.74 Å². The van der Waals surface area contributed by atoms with Gasteiger partial charge in [-0.1, -0.05) is 42.0 Å². The van der Waals surface area contributed by atoms with Crippen molar-refractivity contribution in [3.05, 3.63) is 65.7 Å².